The fraction of sp³-hybridized carbons (Fsp3) is 0.696. The maximum Gasteiger partial charge on any atom is 0.293 e. The van der Waals surface area contributed by atoms with Crippen LogP contribution in [0.1, 0.15) is 88.2 Å². The summed E-state index contributed by atoms with van der Waals surface area (Å²) in [4.78, 5) is 10.5. The van der Waals surface area contributed by atoms with Crippen molar-refractivity contribution in [1.82, 2.24) is 0 Å². The molecule has 2 aliphatic carbocycles. The van der Waals surface area contributed by atoms with E-state index in [1.54, 1.807) is 0 Å². The predicted molar refractivity (Wildman–Crippen MR) is 103 cm³/mol. The minimum Gasteiger partial charge on any atom is -0.461 e. The van der Waals surface area contributed by atoms with Crippen LogP contribution in [0.2, 0.25) is 0 Å². The molecule has 2 heteroatoms. The average Bonchev–Trinajstić information content (AvgIpc) is 3.53. The number of aryl methyl sites for hydroxylation is 2. The Hall–Kier alpha value is -1.31. The fourth-order valence-electron chi connectivity index (χ4n) is 3.84. The van der Waals surface area contributed by atoms with Crippen molar-refractivity contribution >= 4 is 6.47 Å². The molecule has 138 valence electrons. The zero-order chi connectivity index (χ0) is 17.4. The van der Waals surface area contributed by atoms with Crippen molar-refractivity contribution in [3.63, 3.8) is 0 Å². The zero-order valence-corrected chi connectivity index (χ0v) is 15.7. The van der Waals surface area contributed by atoms with Crippen LogP contribution in [0.5, 0.6) is 0 Å². The van der Waals surface area contributed by atoms with Crippen LogP contribution in [0.4, 0.5) is 0 Å². The van der Waals surface area contributed by atoms with Gasteiger partial charge >= 0.3 is 0 Å². The molecule has 2 nitrogen and oxygen atoms in total. The van der Waals surface area contributed by atoms with Gasteiger partial charge < -0.3 is 4.74 Å². The average molecular weight is 343 g/mol. The van der Waals surface area contributed by atoms with Gasteiger partial charge in [-0.25, -0.2) is 0 Å². The first kappa shape index (κ1) is 18.5. The molecular formula is C23H34O2. The predicted octanol–water partition coefficient (Wildman–Crippen LogP) is 6.01. The molecule has 2 aliphatic rings. The lowest BCUT2D eigenvalue weighted by Crippen LogP contribution is -2.12. The Morgan fingerprint density at radius 3 is 2.00 bits per heavy atom. The highest BCUT2D eigenvalue weighted by atomic mass is 16.5. The number of unbranched alkanes of at least 4 members (excludes halogenated alkanes) is 4. The molecule has 2 saturated carbocycles. The Bertz CT molecular complexity index is 511. The maximum absolute atomic E-state index is 10.5. The van der Waals surface area contributed by atoms with Gasteiger partial charge in [-0.1, -0.05) is 62.8 Å². The highest BCUT2D eigenvalue weighted by molar-refractivity contribution is 5.39. The largest absolute Gasteiger partial charge is 0.461 e. The fourth-order valence-corrected chi connectivity index (χ4v) is 3.84. The molecule has 1 aromatic carbocycles. The van der Waals surface area contributed by atoms with E-state index in [9.17, 15) is 4.79 Å². The summed E-state index contributed by atoms with van der Waals surface area (Å²) in [5.74, 6) is 1.09. The van der Waals surface area contributed by atoms with Crippen LogP contribution in [0.15, 0.2) is 24.3 Å². The first-order valence-electron chi connectivity index (χ1n) is 10.5. The molecule has 25 heavy (non-hydrogen) atoms. The third-order valence-electron chi connectivity index (χ3n) is 6.00. The van der Waals surface area contributed by atoms with E-state index in [1.165, 1.54) is 81.8 Å². The van der Waals surface area contributed by atoms with E-state index in [4.69, 9.17) is 4.74 Å². The van der Waals surface area contributed by atoms with Gasteiger partial charge in [0.15, 0.2) is 0 Å². The van der Waals surface area contributed by atoms with Gasteiger partial charge in [0.2, 0.25) is 0 Å². The molecule has 3 rings (SSSR count). The number of hydrogen-bond acceptors (Lipinski definition) is 2. The number of benzene rings is 1. The van der Waals surface area contributed by atoms with E-state index in [-0.39, 0.29) is 5.60 Å². The second-order valence-electron chi connectivity index (χ2n) is 8.32. The van der Waals surface area contributed by atoms with Crippen molar-refractivity contribution in [1.29, 1.82) is 0 Å². The topological polar surface area (TPSA) is 26.3 Å². The molecule has 0 amide bonds. The lowest BCUT2D eigenvalue weighted by Gasteiger charge is -2.12. The summed E-state index contributed by atoms with van der Waals surface area (Å²) in [6.07, 6.45) is 17.9. The van der Waals surface area contributed by atoms with Crippen LogP contribution in [0, 0.1) is 5.92 Å². The van der Waals surface area contributed by atoms with Crippen molar-refractivity contribution in [3.8, 4) is 0 Å². The Labute approximate surface area is 153 Å². The molecule has 0 aromatic heterocycles. The molecule has 0 bridgehead atoms. The zero-order valence-electron chi connectivity index (χ0n) is 15.7. The summed E-state index contributed by atoms with van der Waals surface area (Å²) in [6.45, 7) is 0.627. The van der Waals surface area contributed by atoms with Crippen molar-refractivity contribution in [3.05, 3.63) is 35.4 Å². The quantitative estimate of drug-likeness (QED) is 0.306. The van der Waals surface area contributed by atoms with E-state index in [0.717, 1.165) is 25.2 Å². The molecule has 0 N–H and O–H groups in total. The van der Waals surface area contributed by atoms with Gasteiger partial charge in [0, 0.05) is 0 Å². The second kappa shape index (κ2) is 9.40. The van der Waals surface area contributed by atoms with Gasteiger partial charge in [-0.3, -0.25) is 4.79 Å². The van der Waals surface area contributed by atoms with Gasteiger partial charge in [-0.05, 0) is 68.4 Å². The standard InChI is InChI=1S/C23H34O2/c24-19-25-23(17-18-23)16-6-2-5-9-22-14-12-21(13-15-22)8-4-1-3-7-20-10-11-20/h12-15,19-20H,1-11,16-18H2. The van der Waals surface area contributed by atoms with Crippen molar-refractivity contribution in [2.45, 2.75) is 95.5 Å². The first-order chi connectivity index (χ1) is 12.3. The van der Waals surface area contributed by atoms with Gasteiger partial charge in [-0.15, -0.1) is 0 Å². The molecule has 0 unspecified atom stereocenters. The number of rotatable bonds is 14. The highest BCUT2D eigenvalue weighted by Gasteiger charge is 2.44. The molecule has 0 radical (unpaired) electrons. The maximum atomic E-state index is 10.5. The summed E-state index contributed by atoms with van der Waals surface area (Å²) in [5, 5.41) is 0. The van der Waals surface area contributed by atoms with Crippen LogP contribution in [-0.2, 0) is 22.4 Å². The number of ether oxygens (including phenoxy) is 1. The van der Waals surface area contributed by atoms with Crippen LogP contribution >= 0.6 is 0 Å². The van der Waals surface area contributed by atoms with Crippen molar-refractivity contribution in [2.24, 2.45) is 5.92 Å². The molecule has 1 aromatic rings. The Morgan fingerprint density at radius 1 is 0.880 bits per heavy atom. The van der Waals surface area contributed by atoms with Crippen LogP contribution in [0.3, 0.4) is 0 Å². The SMILES string of the molecule is O=COC1(CCCCCc2ccc(CCCCCC3CC3)cc2)CC1. The molecule has 0 saturated heterocycles. The third kappa shape index (κ3) is 6.84. The smallest absolute Gasteiger partial charge is 0.293 e. The summed E-state index contributed by atoms with van der Waals surface area (Å²) >= 11 is 0. The minimum absolute atomic E-state index is 0.0674. The van der Waals surface area contributed by atoms with Crippen LogP contribution in [0.25, 0.3) is 0 Å². The van der Waals surface area contributed by atoms with E-state index < -0.39 is 0 Å². The van der Waals surface area contributed by atoms with Gasteiger partial charge in [0.1, 0.15) is 5.60 Å². The number of carbonyl (C=O) groups is 1. The van der Waals surface area contributed by atoms with E-state index in [1.807, 2.05) is 0 Å². The summed E-state index contributed by atoms with van der Waals surface area (Å²) < 4.78 is 5.20. The molecular weight excluding hydrogens is 308 g/mol. The van der Waals surface area contributed by atoms with Crippen molar-refractivity contribution in [2.75, 3.05) is 0 Å². The second-order valence-corrected chi connectivity index (χ2v) is 8.32. The summed E-state index contributed by atoms with van der Waals surface area (Å²) in [6, 6.07) is 9.29. The molecule has 0 aliphatic heterocycles. The van der Waals surface area contributed by atoms with Crippen LogP contribution < -0.4 is 0 Å². The molecule has 0 heterocycles. The van der Waals surface area contributed by atoms with Gasteiger partial charge in [0.25, 0.3) is 6.47 Å². The molecule has 2 fully saturated rings. The highest BCUT2D eigenvalue weighted by Crippen LogP contribution is 2.43. The Morgan fingerprint density at radius 2 is 1.48 bits per heavy atom. The van der Waals surface area contributed by atoms with E-state index in [2.05, 4.69) is 24.3 Å². The van der Waals surface area contributed by atoms with Gasteiger partial charge in [0.05, 0.1) is 0 Å². The number of hydrogen-bond donors (Lipinski definition) is 0. The van der Waals surface area contributed by atoms with Crippen LogP contribution in [-0.4, -0.2) is 12.1 Å². The van der Waals surface area contributed by atoms with E-state index in [0.29, 0.717) is 6.47 Å². The number of carbonyl (C=O) groups excluding carboxylic acids is 1. The Kier molecular flexibility index (Phi) is 6.95. The van der Waals surface area contributed by atoms with Crippen molar-refractivity contribution < 1.29 is 9.53 Å². The third-order valence-corrected chi connectivity index (χ3v) is 6.00. The summed E-state index contributed by atoms with van der Waals surface area (Å²) in [5.41, 5.74) is 2.89. The lowest BCUT2D eigenvalue weighted by atomic mass is 10.0. The van der Waals surface area contributed by atoms with E-state index >= 15 is 0 Å². The first-order valence-corrected chi connectivity index (χ1v) is 10.5. The minimum atomic E-state index is -0.0674. The molecule has 0 atom stereocenters. The molecule has 0 spiro atoms. The normalized spacial score (nSPS) is 18.1. The lowest BCUT2D eigenvalue weighted by molar-refractivity contribution is -0.135. The summed E-state index contributed by atoms with van der Waals surface area (Å²) in [7, 11) is 0. The Balaban J connectivity index is 1.22. The van der Waals surface area contributed by atoms with Gasteiger partial charge in [-0.2, -0.15) is 0 Å². The monoisotopic (exact) mass is 342 g/mol.